The van der Waals surface area contributed by atoms with Gasteiger partial charge in [0.25, 0.3) is 5.56 Å². The predicted octanol–water partition coefficient (Wildman–Crippen LogP) is 1.86. The maximum Gasteiger partial charge on any atom is 0.264 e. The lowest BCUT2D eigenvalue weighted by Gasteiger charge is -2.12. The molecule has 2 aromatic heterocycles. The molecule has 8 heteroatoms. The van der Waals surface area contributed by atoms with Gasteiger partial charge < -0.3 is 14.2 Å². The Morgan fingerprint density at radius 1 is 1.00 bits per heavy atom. The highest BCUT2D eigenvalue weighted by molar-refractivity contribution is 5.78. The smallest absolute Gasteiger partial charge is 0.264 e. The second-order valence-corrected chi connectivity index (χ2v) is 5.62. The molecule has 0 saturated carbocycles. The van der Waals surface area contributed by atoms with Gasteiger partial charge in [0.2, 0.25) is 0 Å². The van der Waals surface area contributed by atoms with Gasteiger partial charge in [0, 0.05) is 26.2 Å². The second kappa shape index (κ2) is 6.91. The van der Waals surface area contributed by atoms with Gasteiger partial charge in [-0.1, -0.05) is 0 Å². The van der Waals surface area contributed by atoms with Crippen molar-refractivity contribution >= 4 is 23.2 Å². The van der Waals surface area contributed by atoms with Crippen LogP contribution < -0.4 is 19.8 Å². The van der Waals surface area contributed by atoms with Crippen molar-refractivity contribution in [2.75, 3.05) is 21.3 Å². The fourth-order valence-electron chi connectivity index (χ4n) is 2.69. The summed E-state index contributed by atoms with van der Waals surface area (Å²) >= 11 is 0. The standard InChI is InChI=1S/C18H20N4O4/c1-21-16(20-17-13(18(21)23)10-19-22(17)2)7-6-12-14(25-4)8-11(24-3)9-15(12)26-5/h6-10H,1-5H3. The van der Waals surface area contributed by atoms with Crippen LogP contribution in [0, 0.1) is 0 Å². The van der Waals surface area contributed by atoms with E-state index in [0.29, 0.717) is 34.1 Å². The molecule has 0 saturated heterocycles. The molecule has 2 heterocycles. The van der Waals surface area contributed by atoms with Crippen LogP contribution in [0.25, 0.3) is 23.2 Å². The lowest BCUT2D eigenvalue weighted by molar-refractivity contribution is 0.374. The maximum absolute atomic E-state index is 12.5. The zero-order valence-electron chi connectivity index (χ0n) is 15.3. The van der Waals surface area contributed by atoms with Crippen molar-refractivity contribution in [1.82, 2.24) is 19.3 Å². The van der Waals surface area contributed by atoms with Crippen LogP contribution in [0.5, 0.6) is 17.2 Å². The van der Waals surface area contributed by atoms with Crippen LogP contribution in [0.3, 0.4) is 0 Å². The van der Waals surface area contributed by atoms with Crippen molar-refractivity contribution in [1.29, 1.82) is 0 Å². The van der Waals surface area contributed by atoms with Gasteiger partial charge in [-0.05, 0) is 12.2 Å². The molecule has 0 aliphatic carbocycles. The highest BCUT2D eigenvalue weighted by atomic mass is 16.5. The van der Waals surface area contributed by atoms with E-state index in [1.165, 1.54) is 10.8 Å². The Balaban J connectivity index is 2.14. The van der Waals surface area contributed by atoms with E-state index >= 15 is 0 Å². The maximum atomic E-state index is 12.5. The summed E-state index contributed by atoms with van der Waals surface area (Å²) in [5, 5.41) is 4.57. The van der Waals surface area contributed by atoms with Crippen LogP contribution in [0.2, 0.25) is 0 Å². The van der Waals surface area contributed by atoms with Gasteiger partial charge in [0.05, 0.1) is 33.1 Å². The van der Waals surface area contributed by atoms with Gasteiger partial charge in [0.15, 0.2) is 5.65 Å². The van der Waals surface area contributed by atoms with Crippen molar-refractivity contribution in [2.45, 2.75) is 0 Å². The lowest BCUT2D eigenvalue weighted by atomic mass is 10.1. The second-order valence-electron chi connectivity index (χ2n) is 5.62. The predicted molar refractivity (Wildman–Crippen MR) is 98.8 cm³/mol. The molecule has 0 amide bonds. The molecule has 0 unspecified atom stereocenters. The van der Waals surface area contributed by atoms with Crippen molar-refractivity contribution < 1.29 is 14.2 Å². The Hall–Kier alpha value is -3.29. The molecule has 3 aromatic rings. The van der Waals surface area contributed by atoms with Gasteiger partial charge in [-0.25, -0.2) is 4.98 Å². The van der Waals surface area contributed by atoms with Crippen molar-refractivity contribution in [2.24, 2.45) is 14.1 Å². The minimum atomic E-state index is -0.156. The molecular formula is C18H20N4O4. The first-order valence-corrected chi connectivity index (χ1v) is 7.87. The third-order valence-corrected chi connectivity index (χ3v) is 4.16. The van der Waals surface area contributed by atoms with Crippen LogP contribution >= 0.6 is 0 Å². The molecule has 0 radical (unpaired) electrons. The summed E-state index contributed by atoms with van der Waals surface area (Å²) in [6.45, 7) is 0. The van der Waals surface area contributed by atoms with Crippen LogP contribution in [-0.4, -0.2) is 40.7 Å². The SMILES string of the molecule is COc1cc(OC)c(C=Cc2nc3c(cnn3C)c(=O)n2C)c(OC)c1. The largest absolute Gasteiger partial charge is 0.496 e. The van der Waals surface area contributed by atoms with Gasteiger partial charge in [-0.2, -0.15) is 5.10 Å². The number of methoxy groups -OCH3 is 3. The first-order chi connectivity index (χ1) is 12.5. The van der Waals surface area contributed by atoms with E-state index in [4.69, 9.17) is 14.2 Å². The normalized spacial score (nSPS) is 11.3. The van der Waals surface area contributed by atoms with Gasteiger partial charge >= 0.3 is 0 Å². The molecule has 0 aliphatic heterocycles. The number of ether oxygens (including phenoxy) is 3. The molecule has 26 heavy (non-hydrogen) atoms. The van der Waals surface area contributed by atoms with Crippen molar-refractivity contribution in [3.8, 4) is 17.2 Å². The Labute approximate surface area is 150 Å². The van der Waals surface area contributed by atoms with E-state index in [0.717, 1.165) is 5.56 Å². The minimum absolute atomic E-state index is 0.156. The molecule has 0 N–H and O–H groups in total. The fourth-order valence-corrected chi connectivity index (χ4v) is 2.69. The number of nitrogens with zero attached hydrogens (tertiary/aromatic N) is 4. The number of rotatable bonds is 5. The average Bonchev–Trinajstić information content (AvgIpc) is 3.03. The van der Waals surface area contributed by atoms with E-state index < -0.39 is 0 Å². The molecule has 0 spiro atoms. The minimum Gasteiger partial charge on any atom is -0.496 e. The number of hydrogen-bond donors (Lipinski definition) is 0. The number of aromatic nitrogens is 4. The van der Waals surface area contributed by atoms with E-state index in [9.17, 15) is 4.79 Å². The molecule has 0 aliphatic rings. The fraction of sp³-hybridized carbons (Fsp3) is 0.278. The number of benzene rings is 1. The van der Waals surface area contributed by atoms with E-state index in [1.54, 1.807) is 64.4 Å². The summed E-state index contributed by atoms with van der Waals surface area (Å²) in [5.41, 5.74) is 1.09. The zero-order chi connectivity index (χ0) is 18.8. The molecule has 3 rings (SSSR count). The third-order valence-electron chi connectivity index (χ3n) is 4.16. The molecular weight excluding hydrogens is 336 g/mol. The third kappa shape index (κ3) is 2.90. The Kier molecular flexibility index (Phi) is 4.66. The van der Waals surface area contributed by atoms with Crippen molar-refractivity contribution in [3.63, 3.8) is 0 Å². The van der Waals surface area contributed by atoms with Crippen molar-refractivity contribution in [3.05, 3.63) is 40.1 Å². The molecule has 0 bridgehead atoms. The summed E-state index contributed by atoms with van der Waals surface area (Å²) in [4.78, 5) is 17.0. The van der Waals surface area contributed by atoms with Crippen LogP contribution in [0.15, 0.2) is 23.1 Å². The lowest BCUT2D eigenvalue weighted by Crippen LogP contribution is -2.20. The van der Waals surface area contributed by atoms with Crippen LogP contribution in [0.1, 0.15) is 11.4 Å². The van der Waals surface area contributed by atoms with E-state index in [-0.39, 0.29) is 5.56 Å². The number of hydrogen-bond acceptors (Lipinski definition) is 6. The quantitative estimate of drug-likeness (QED) is 0.694. The highest BCUT2D eigenvalue weighted by Crippen LogP contribution is 2.35. The highest BCUT2D eigenvalue weighted by Gasteiger charge is 2.13. The van der Waals surface area contributed by atoms with E-state index in [1.807, 2.05) is 0 Å². The summed E-state index contributed by atoms with van der Waals surface area (Å²) in [5.74, 6) is 2.29. The van der Waals surface area contributed by atoms with Gasteiger partial charge in [-0.3, -0.25) is 14.0 Å². The Morgan fingerprint density at radius 2 is 1.65 bits per heavy atom. The first kappa shape index (κ1) is 17.5. The summed E-state index contributed by atoms with van der Waals surface area (Å²) in [6.07, 6.45) is 5.05. The topological polar surface area (TPSA) is 80.4 Å². The molecule has 0 fully saturated rings. The molecule has 1 aromatic carbocycles. The summed E-state index contributed by atoms with van der Waals surface area (Å²) in [7, 11) is 8.14. The van der Waals surface area contributed by atoms with E-state index in [2.05, 4.69) is 10.1 Å². The molecule has 136 valence electrons. The summed E-state index contributed by atoms with van der Waals surface area (Å²) < 4.78 is 19.2. The summed E-state index contributed by atoms with van der Waals surface area (Å²) in [6, 6.07) is 3.53. The zero-order valence-corrected chi connectivity index (χ0v) is 15.3. The van der Waals surface area contributed by atoms with Crippen LogP contribution in [0.4, 0.5) is 0 Å². The number of fused-ring (bicyclic) bond motifs is 1. The van der Waals surface area contributed by atoms with Gasteiger partial charge in [-0.15, -0.1) is 0 Å². The molecule has 0 atom stereocenters. The van der Waals surface area contributed by atoms with Gasteiger partial charge in [0.1, 0.15) is 28.5 Å². The average molecular weight is 356 g/mol. The van der Waals surface area contributed by atoms with Crippen LogP contribution in [-0.2, 0) is 14.1 Å². The first-order valence-electron chi connectivity index (χ1n) is 7.87. The molecule has 8 nitrogen and oxygen atoms in total. The Bertz CT molecular complexity index is 1020. The number of aryl methyl sites for hydroxylation is 1. The monoisotopic (exact) mass is 356 g/mol. The Morgan fingerprint density at radius 3 is 2.23 bits per heavy atom.